The molecule has 1 aromatic heterocycles. The van der Waals surface area contributed by atoms with Crippen LogP contribution < -0.4 is 16.4 Å². The molecule has 2 heterocycles. The molecule has 4 N–H and O–H groups in total. The van der Waals surface area contributed by atoms with Crippen LogP contribution in [0.1, 0.15) is 16.8 Å². The second kappa shape index (κ2) is 11.5. The predicted molar refractivity (Wildman–Crippen MR) is 99.2 cm³/mol. The van der Waals surface area contributed by atoms with Crippen LogP contribution in [0.25, 0.3) is 0 Å². The molecule has 0 radical (unpaired) electrons. The second-order valence-corrected chi connectivity index (χ2v) is 5.42. The predicted octanol–water partition coefficient (Wildman–Crippen LogP) is 0.488. The molecule has 0 aliphatic carbocycles. The van der Waals surface area contributed by atoms with Crippen LogP contribution in [0.2, 0.25) is 0 Å². The normalized spacial score (nSPS) is 18.2. The minimum atomic E-state index is -1.13. The molecule has 2 amide bonds. The van der Waals surface area contributed by atoms with Gasteiger partial charge in [0.2, 0.25) is 11.8 Å². The van der Waals surface area contributed by atoms with E-state index in [4.69, 9.17) is 11.0 Å². The number of nitrogens with two attached hydrogens (primary N) is 1. The van der Waals surface area contributed by atoms with Crippen molar-refractivity contribution in [1.82, 2.24) is 15.2 Å². The molecular formula is C15H21Cl2FN6O2. The van der Waals surface area contributed by atoms with Crippen molar-refractivity contribution < 1.29 is 14.0 Å². The monoisotopic (exact) mass is 406 g/mol. The molecule has 144 valence electrons. The molecule has 0 spiro atoms. The molecule has 1 aliphatic heterocycles. The van der Waals surface area contributed by atoms with Gasteiger partial charge in [0.25, 0.3) is 0 Å². The molecule has 26 heavy (non-hydrogen) atoms. The highest BCUT2D eigenvalue weighted by molar-refractivity contribution is 5.92. The quantitative estimate of drug-likeness (QED) is 0.565. The number of nitrogens with zero attached hydrogens (tertiary/aromatic N) is 3. The Balaban J connectivity index is 0.00000312. The average Bonchev–Trinajstić information content (AvgIpc) is 2.96. The minimum absolute atomic E-state index is 0. The van der Waals surface area contributed by atoms with E-state index in [2.05, 4.69) is 15.6 Å². The van der Waals surface area contributed by atoms with Gasteiger partial charge in [0.15, 0.2) is 0 Å². The number of carbonyl (C=O) groups is 2. The summed E-state index contributed by atoms with van der Waals surface area (Å²) >= 11 is 0. The first-order valence-electron chi connectivity index (χ1n) is 7.55. The van der Waals surface area contributed by atoms with Crippen LogP contribution in [-0.2, 0) is 4.79 Å². The molecule has 2 rings (SSSR count). The summed E-state index contributed by atoms with van der Waals surface area (Å²) in [4.78, 5) is 28.2. The van der Waals surface area contributed by atoms with E-state index in [-0.39, 0.29) is 50.2 Å². The van der Waals surface area contributed by atoms with Crippen LogP contribution in [0.15, 0.2) is 18.3 Å². The van der Waals surface area contributed by atoms with Gasteiger partial charge in [-0.05, 0) is 12.1 Å². The standard InChI is InChI=1S/C15H19FN6O2.2ClH/c16-11-5-12(6-17)22(9-11)14(23)8-19-3-4-20-13-2-1-10(7-21-13)15(18)24;;/h1-2,7,11-12,19H,3-5,8-9H2,(H2,18,24)(H,20,21);2*1H/t11-,12-;;/m0../s1. The number of pyridine rings is 1. The second-order valence-electron chi connectivity index (χ2n) is 5.42. The highest BCUT2D eigenvalue weighted by atomic mass is 35.5. The van der Waals surface area contributed by atoms with E-state index in [0.717, 1.165) is 0 Å². The van der Waals surface area contributed by atoms with Gasteiger partial charge in [0.05, 0.1) is 24.7 Å². The van der Waals surface area contributed by atoms with E-state index < -0.39 is 18.1 Å². The van der Waals surface area contributed by atoms with Crippen molar-refractivity contribution in [3.05, 3.63) is 23.9 Å². The maximum absolute atomic E-state index is 13.3. The Labute approximate surface area is 163 Å². The van der Waals surface area contributed by atoms with Crippen molar-refractivity contribution in [2.75, 3.05) is 31.5 Å². The smallest absolute Gasteiger partial charge is 0.250 e. The average molecular weight is 407 g/mol. The van der Waals surface area contributed by atoms with Gasteiger partial charge in [0.1, 0.15) is 18.0 Å². The van der Waals surface area contributed by atoms with Gasteiger partial charge in [-0.1, -0.05) is 0 Å². The Kier molecular flexibility index (Phi) is 10.5. The lowest BCUT2D eigenvalue weighted by molar-refractivity contribution is -0.130. The van der Waals surface area contributed by atoms with Crippen LogP contribution in [0.5, 0.6) is 0 Å². The van der Waals surface area contributed by atoms with E-state index in [0.29, 0.717) is 24.5 Å². The molecule has 1 aliphatic rings. The highest BCUT2D eigenvalue weighted by Crippen LogP contribution is 2.19. The third-order valence-corrected chi connectivity index (χ3v) is 3.65. The van der Waals surface area contributed by atoms with Gasteiger partial charge in [-0.3, -0.25) is 9.59 Å². The van der Waals surface area contributed by atoms with E-state index in [1.54, 1.807) is 12.1 Å². The number of anilines is 1. The fourth-order valence-electron chi connectivity index (χ4n) is 2.40. The van der Waals surface area contributed by atoms with E-state index >= 15 is 0 Å². The van der Waals surface area contributed by atoms with Crippen LogP contribution in [0.3, 0.4) is 0 Å². The fourth-order valence-corrected chi connectivity index (χ4v) is 2.40. The lowest BCUT2D eigenvalue weighted by Crippen LogP contribution is -2.41. The molecule has 2 atom stereocenters. The Hall–Kier alpha value is -2.15. The zero-order valence-corrected chi connectivity index (χ0v) is 15.5. The number of likely N-dealkylation sites (tertiary alicyclic amines) is 1. The van der Waals surface area contributed by atoms with Crippen molar-refractivity contribution in [3.63, 3.8) is 0 Å². The van der Waals surface area contributed by atoms with Crippen molar-refractivity contribution in [2.24, 2.45) is 5.73 Å². The largest absolute Gasteiger partial charge is 0.369 e. The summed E-state index contributed by atoms with van der Waals surface area (Å²) in [6.45, 7) is 1.01. The van der Waals surface area contributed by atoms with Gasteiger partial charge >= 0.3 is 0 Å². The molecule has 1 fully saturated rings. The molecule has 0 saturated carbocycles. The SMILES string of the molecule is Cl.Cl.N#C[C@@H]1C[C@H](F)CN1C(=O)CNCCNc1ccc(C(N)=O)cn1. The number of alkyl halides is 1. The van der Waals surface area contributed by atoms with Crippen molar-refractivity contribution in [3.8, 4) is 6.07 Å². The lowest BCUT2D eigenvalue weighted by Gasteiger charge is -2.19. The Morgan fingerprint density at radius 2 is 2.12 bits per heavy atom. The number of hydrogen-bond donors (Lipinski definition) is 3. The van der Waals surface area contributed by atoms with Crippen molar-refractivity contribution in [2.45, 2.75) is 18.6 Å². The summed E-state index contributed by atoms with van der Waals surface area (Å²) in [5, 5.41) is 14.9. The summed E-state index contributed by atoms with van der Waals surface area (Å²) in [5.74, 6) is -0.245. The Bertz CT molecular complexity index is 640. The topological polar surface area (TPSA) is 124 Å². The summed E-state index contributed by atoms with van der Waals surface area (Å²) < 4.78 is 13.3. The number of nitrogens with one attached hydrogen (secondary N) is 2. The van der Waals surface area contributed by atoms with Crippen LogP contribution in [0.4, 0.5) is 10.2 Å². The van der Waals surface area contributed by atoms with Crippen LogP contribution >= 0.6 is 24.8 Å². The molecule has 0 bridgehead atoms. The first-order chi connectivity index (χ1) is 11.5. The van der Waals surface area contributed by atoms with Crippen LogP contribution in [-0.4, -0.2) is 60.1 Å². The zero-order valence-electron chi connectivity index (χ0n) is 13.9. The lowest BCUT2D eigenvalue weighted by atomic mass is 10.2. The van der Waals surface area contributed by atoms with Crippen molar-refractivity contribution >= 4 is 42.4 Å². The van der Waals surface area contributed by atoms with Crippen molar-refractivity contribution in [1.29, 1.82) is 5.26 Å². The number of halogens is 3. The van der Waals surface area contributed by atoms with Gasteiger partial charge in [-0.25, -0.2) is 9.37 Å². The number of amides is 2. The van der Waals surface area contributed by atoms with Gasteiger partial charge in [0, 0.05) is 25.7 Å². The highest BCUT2D eigenvalue weighted by Gasteiger charge is 2.34. The van der Waals surface area contributed by atoms with E-state index in [1.165, 1.54) is 11.1 Å². The molecule has 1 saturated heterocycles. The van der Waals surface area contributed by atoms with Gasteiger partial charge in [-0.2, -0.15) is 5.26 Å². The molecule has 8 nitrogen and oxygen atoms in total. The molecule has 11 heteroatoms. The minimum Gasteiger partial charge on any atom is -0.369 e. The third kappa shape index (κ3) is 6.63. The Morgan fingerprint density at radius 3 is 2.69 bits per heavy atom. The summed E-state index contributed by atoms with van der Waals surface area (Å²) in [6.07, 6.45) is 0.330. The number of hydrogen-bond acceptors (Lipinski definition) is 6. The summed E-state index contributed by atoms with van der Waals surface area (Å²) in [6, 6.07) is 4.46. The summed E-state index contributed by atoms with van der Waals surface area (Å²) in [5.41, 5.74) is 5.45. The summed E-state index contributed by atoms with van der Waals surface area (Å²) in [7, 11) is 0. The molecule has 0 unspecified atom stereocenters. The number of aromatic nitrogens is 1. The molecule has 1 aromatic rings. The number of carbonyl (C=O) groups excluding carboxylic acids is 2. The molecule has 0 aromatic carbocycles. The Morgan fingerprint density at radius 1 is 1.38 bits per heavy atom. The van der Waals surface area contributed by atoms with E-state index in [1.807, 2.05) is 6.07 Å². The zero-order chi connectivity index (χ0) is 17.5. The fraction of sp³-hybridized carbons (Fsp3) is 0.467. The van der Waals surface area contributed by atoms with Gasteiger partial charge < -0.3 is 21.3 Å². The number of nitriles is 1. The molecular weight excluding hydrogens is 386 g/mol. The first-order valence-corrected chi connectivity index (χ1v) is 7.55. The maximum atomic E-state index is 13.3. The van der Waals surface area contributed by atoms with Crippen LogP contribution in [0, 0.1) is 11.3 Å². The maximum Gasteiger partial charge on any atom is 0.250 e. The van der Waals surface area contributed by atoms with Gasteiger partial charge in [-0.15, -0.1) is 24.8 Å². The van der Waals surface area contributed by atoms with E-state index in [9.17, 15) is 14.0 Å². The number of primary amides is 1. The third-order valence-electron chi connectivity index (χ3n) is 3.65. The first kappa shape index (κ1) is 23.9. The number of rotatable bonds is 7.